The van der Waals surface area contributed by atoms with Crippen LogP contribution in [0.5, 0.6) is 11.5 Å². The SMILES string of the molecule is COc1ccc2c(c1)CN(C(=O)C1CCCN1C(=O)c1ccc3ccccc3c1O)CC2. The van der Waals surface area contributed by atoms with Crippen LogP contribution < -0.4 is 4.74 Å². The van der Waals surface area contributed by atoms with Crippen molar-refractivity contribution >= 4 is 22.6 Å². The lowest BCUT2D eigenvalue weighted by atomic mass is 9.98. The van der Waals surface area contributed by atoms with Gasteiger partial charge < -0.3 is 19.6 Å². The number of fused-ring (bicyclic) bond motifs is 2. The van der Waals surface area contributed by atoms with Crippen LogP contribution in [0.2, 0.25) is 0 Å². The molecule has 5 rings (SSSR count). The van der Waals surface area contributed by atoms with Gasteiger partial charge in [-0.3, -0.25) is 9.59 Å². The summed E-state index contributed by atoms with van der Waals surface area (Å²) < 4.78 is 5.34. The molecule has 1 saturated heterocycles. The van der Waals surface area contributed by atoms with Crippen molar-refractivity contribution in [1.29, 1.82) is 0 Å². The fourth-order valence-corrected chi connectivity index (χ4v) is 4.91. The Morgan fingerprint density at radius 1 is 1.03 bits per heavy atom. The summed E-state index contributed by atoms with van der Waals surface area (Å²) in [6.07, 6.45) is 2.20. The highest BCUT2D eigenvalue weighted by molar-refractivity contribution is 6.05. The maximum atomic E-state index is 13.4. The van der Waals surface area contributed by atoms with Gasteiger partial charge in [0.2, 0.25) is 5.91 Å². The van der Waals surface area contributed by atoms with Crippen molar-refractivity contribution in [3.8, 4) is 11.5 Å². The largest absolute Gasteiger partial charge is 0.506 e. The second kappa shape index (κ2) is 8.19. The van der Waals surface area contributed by atoms with Crippen molar-refractivity contribution in [2.45, 2.75) is 31.8 Å². The predicted molar refractivity (Wildman–Crippen MR) is 122 cm³/mol. The number of nitrogens with zero attached hydrogens (tertiary/aromatic N) is 2. The second-order valence-corrected chi connectivity index (χ2v) is 8.48. The molecule has 3 aromatic carbocycles. The zero-order chi connectivity index (χ0) is 22.2. The minimum Gasteiger partial charge on any atom is -0.506 e. The zero-order valence-electron chi connectivity index (χ0n) is 18.1. The number of amides is 2. The standard InChI is InChI=1S/C26H26N2O4/c1-32-20-10-8-17-12-14-27(16-19(17)15-20)26(31)23-7-4-13-28(23)25(30)22-11-9-18-5-2-3-6-21(18)24(22)29/h2-3,5-6,8-11,15,23,29H,4,7,12-14,16H2,1H3. The van der Waals surface area contributed by atoms with Crippen LogP contribution >= 0.6 is 0 Å². The van der Waals surface area contributed by atoms with E-state index >= 15 is 0 Å². The third-order valence-corrected chi connectivity index (χ3v) is 6.67. The van der Waals surface area contributed by atoms with Gasteiger partial charge in [0.25, 0.3) is 5.91 Å². The van der Waals surface area contributed by atoms with Crippen LogP contribution in [0.4, 0.5) is 0 Å². The Hall–Kier alpha value is -3.54. The van der Waals surface area contributed by atoms with Crippen molar-refractivity contribution in [3.05, 3.63) is 71.3 Å². The number of phenolic OH excluding ortho intramolecular Hbond substituents is 1. The van der Waals surface area contributed by atoms with Gasteiger partial charge >= 0.3 is 0 Å². The zero-order valence-corrected chi connectivity index (χ0v) is 18.1. The molecule has 1 unspecified atom stereocenters. The maximum absolute atomic E-state index is 13.4. The smallest absolute Gasteiger partial charge is 0.258 e. The Morgan fingerprint density at radius 3 is 2.72 bits per heavy atom. The van der Waals surface area contributed by atoms with Gasteiger partial charge in [0.1, 0.15) is 17.5 Å². The van der Waals surface area contributed by atoms with Gasteiger partial charge in [-0.2, -0.15) is 0 Å². The average Bonchev–Trinajstić information content (AvgIpc) is 3.33. The van der Waals surface area contributed by atoms with E-state index in [1.807, 2.05) is 41.3 Å². The molecule has 32 heavy (non-hydrogen) atoms. The van der Waals surface area contributed by atoms with E-state index in [9.17, 15) is 14.7 Å². The number of phenols is 1. The Morgan fingerprint density at radius 2 is 1.88 bits per heavy atom. The normalized spacial score (nSPS) is 18.0. The van der Waals surface area contributed by atoms with Gasteiger partial charge in [0.05, 0.1) is 12.7 Å². The summed E-state index contributed by atoms with van der Waals surface area (Å²) in [4.78, 5) is 30.3. The highest BCUT2D eigenvalue weighted by Crippen LogP contribution is 2.32. The highest BCUT2D eigenvalue weighted by atomic mass is 16.5. The first-order chi connectivity index (χ1) is 15.6. The van der Waals surface area contributed by atoms with Crippen molar-refractivity contribution in [1.82, 2.24) is 9.80 Å². The number of aromatic hydroxyl groups is 1. The van der Waals surface area contributed by atoms with E-state index in [1.165, 1.54) is 5.56 Å². The van der Waals surface area contributed by atoms with Crippen LogP contribution in [-0.4, -0.2) is 53.0 Å². The van der Waals surface area contributed by atoms with Crippen LogP contribution in [0.1, 0.15) is 34.3 Å². The fraction of sp³-hybridized carbons (Fsp3) is 0.308. The molecule has 2 aliphatic rings. The summed E-state index contributed by atoms with van der Waals surface area (Å²) in [6.45, 7) is 1.67. The molecular weight excluding hydrogens is 404 g/mol. The molecule has 0 bridgehead atoms. The number of carbonyl (C=O) groups is 2. The molecule has 1 fully saturated rings. The molecule has 2 aliphatic heterocycles. The van der Waals surface area contributed by atoms with Crippen LogP contribution in [0, 0.1) is 0 Å². The van der Waals surface area contributed by atoms with Crippen LogP contribution in [-0.2, 0) is 17.8 Å². The number of hydrogen-bond donors (Lipinski definition) is 1. The summed E-state index contributed by atoms with van der Waals surface area (Å²) >= 11 is 0. The molecule has 6 heteroatoms. The molecule has 0 radical (unpaired) electrons. The number of methoxy groups -OCH3 is 1. The lowest BCUT2D eigenvalue weighted by molar-refractivity contribution is -0.136. The number of ether oxygens (including phenoxy) is 1. The molecule has 3 aromatic rings. The van der Waals surface area contributed by atoms with Gasteiger partial charge in [0.15, 0.2) is 0 Å². The minimum atomic E-state index is -0.500. The summed E-state index contributed by atoms with van der Waals surface area (Å²) in [5.41, 5.74) is 2.57. The molecule has 1 N–H and O–H groups in total. The van der Waals surface area contributed by atoms with Crippen LogP contribution in [0.25, 0.3) is 10.8 Å². The molecule has 0 saturated carbocycles. The molecule has 164 valence electrons. The van der Waals surface area contributed by atoms with E-state index in [1.54, 1.807) is 24.1 Å². The number of carbonyl (C=O) groups excluding carboxylic acids is 2. The van der Waals surface area contributed by atoms with Crippen molar-refractivity contribution < 1.29 is 19.4 Å². The number of hydrogen-bond acceptors (Lipinski definition) is 4. The molecule has 0 spiro atoms. The number of rotatable bonds is 3. The molecule has 1 atom stereocenters. The van der Waals surface area contributed by atoms with E-state index in [4.69, 9.17) is 4.74 Å². The van der Waals surface area contributed by atoms with Crippen LogP contribution in [0.3, 0.4) is 0 Å². The maximum Gasteiger partial charge on any atom is 0.258 e. The van der Waals surface area contributed by atoms with Crippen molar-refractivity contribution in [2.24, 2.45) is 0 Å². The number of likely N-dealkylation sites (tertiary alicyclic amines) is 1. The first-order valence-electron chi connectivity index (χ1n) is 11.0. The van der Waals surface area contributed by atoms with Crippen LogP contribution in [0.15, 0.2) is 54.6 Å². The Balaban J connectivity index is 1.38. The van der Waals surface area contributed by atoms with Gasteiger partial charge in [0, 0.05) is 25.0 Å². The van der Waals surface area contributed by atoms with E-state index in [0.717, 1.165) is 29.5 Å². The summed E-state index contributed by atoms with van der Waals surface area (Å²) in [5.74, 6) is 0.445. The summed E-state index contributed by atoms with van der Waals surface area (Å²) in [5, 5.41) is 12.3. The highest BCUT2D eigenvalue weighted by Gasteiger charge is 2.38. The topological polar surface area (TPSA) is 70.1 Å². The molecule has 0 aromatic heterocycles. The first kappa shape index (κ1) is 20.4. The lowest BCUT2D eigenvalue weighted by Gasteiger charge is -2.34. The molecule has 6 nitrogen and oxygen atoms in total. The van der Waals surface area contributed by atoms with Crippen molar-refractivity contribution in [3.63, 3.8) is 0 Å². The molecular formula is C26H26N2O4. The summed E-state index contributed by atoms with van der Waals surface area (Å²) in [7, 11) is 1.64. The Labute approximate surface area is 187 Å². The average molecular weight is 431 g/mol. The van der Waals surface area contributed by atoms with Gasteiger partial charge in [-0.25, -0.2) is 0 Å². The monoisotopic (exact) mass is 430 g/mol. The third kappa shape index (κ3) is 3.45. The van der Waals surface area contributed by atoms with Gasteiger partial charge in [-0.05, 0) is 54.0 Å². The first-order valence-corrected chi connectivity index (χ1v) is 11.0. The van der Waals surface area contributed by atoms with Crippen molar-refractivity contribution in [2.75, 3.05) is 20.2 Å². The van der Waals surface area contributed by atoms with Gasteiger partial charge in [-0.15, -0.1) is 0 Å². The van der Waals surface area contributed by atoms with Gasteiger partial charge in [-0.1, -0.05) is 36.4 Å². The fourth-order valence-electron chi connectivity index (χ4n) is 4.91. The Bertz CT molecular complexity index is 1210. The third-order valence-electron chi connectivity index (χ3n) is 6.67. The van der Waals surface area contributed by atoms with E-state index in [0.29, 0.717) is 31.4 Å². The minimum absolute atomic E-state index is 0.0230. The molecule has 2 amide bonds. The Kier molecular flexibility index (Phi) is 5.21. The van der Waals surface area contributed by atoms with E-state index in [2.05, 4.69) is 6.07 Å². The quantitative estimate of drug-likeness (QED) is 0.687. The number of benzene rings is 3. The van der Waals surface area contributed by atoms with E-state index < -0.39 is 6.04 Å². The van der Waals surface area contributed by atoms with E-state index in [-0.39, 0.29) is 23.1 Å². The summed E-state index contributed by atoms with van der Waals surface area (Å²) in [6, 6.07) is 16.4. The second-order valence-electron chi connectivity index (χ2n) is 8.48. The lowest BCUT2D eigenvalue weighted by Crippen LogP contribution is -2.49. The molecule has 2 heterocycles. The molecule has 0 aliphatic carbocycles. The predicted octanol–water partition coefficient (Wildman–Crippen LogP) is 3.74.